The molecular formula is C41H78O12S. The van der Waals surface area contributed by atoms with Crippen molar-refractivity contribution in [2.75, 3.05) is 26.4 Å². The third-order valence-corrected chi connectivity index (χ3v) is 10.4. The van der Waals surface area contributed by atoms with E-state index in [1.165, 1.54) is 109 Å². The molecule has 1 aliphatic rings. The lowest BCUT2D eigenvalue weighted by Gasteiger charge is -2.41. The van der Waals surface area contributed by atoms with E-state index in [9.17, 15) is 28.5 Å². The van der Waals surface area contributed by atoms with Crippen molar-refractivity contribution < 1.29 is 56.2 Å². The fraction of sp³-hybridized carbons (Fsp3) is 0.927. The number of aliphatic hydroxyl groups is 3. The summed E-state index contributed by atoms with van der Waals surface area (Å²) in [4.78, 5) is 12.6. The summed E-state index contributed by atoms with van der Waals surface area (Å²) in [5.74, 6) is -0.411. The van der Waals surface area contributed by atoms with Gasteiger partial charge < -0.3 is 34.3 Å². The van der Waals surface area contributed by atoms with Gasteiger partial charge in [0.2, 0.25) is 0 Å². The van der Waals surface area contributed by atoms with E-state index in [0.29, 0.717) is 13.0 Å². The fourth-order valence-corrected chi connectivity index (χ4v) is 7.12. The van der Waals surface area contributed by atoms with Crippen LogP contribution in [0.25, 0.3) is 0 Å². The van der Waals surface area contributed by atoms with Crippen LogP contribution in [0.15, 0.2) is 12.2 Å². The van der Waals surface area contributed by atoms with Crippen LogP contribution >= 0.6 is 0 Å². The van der Waals surface area contributed by atoms with Gasteiger partial charge in [0.1, 0.15) is 30.5 Å². The highest BCUT2D eigenvalue weighted by Gasteiger charge is 2.48. The lowest BCUT2D eigenvalue weighted by molar-refractivity contribution is -0.301. The van der Waals surface area contributed by atoms with Gasteiger partial charge in [0.25, 0.3) is 0 Å². The van der Waals surface area contributed by atoms with E-state index in [2.05, 4.69) is 30.2 Å². The molecule has 0 bridgehead atoms. The Morgan fingerprint density at radius 3 is 1.67 bits per heavy atom. The van der Waals surface area contributed by atoms with E-state index in [1.807, 2.05) is 0 Å². The number of allylic oxidation sites excluding steroid dienone is 2. The van der Waals surface area contributed by atoms with Crippen molar-refractivity contribution >= 4 is 16.4 Å². The van der Waals surface area contributed by atoms with Gasteiger partial charge in [0, 0.05) is 13.0 Å². The van der Waals surface area contributed by atoms with Crippen LogP contribution in [0.3, 0.4) is 0 Å². The Bertz CT molecular complexity index is 1010. The first-order chi connectivity index (χ1) is 26.1. The van der Waals surface area contributed by atoms with Crippen LogP contribution in [0.4, 0.5) is 0 Å². The molecule has 0 radical (unpaired) electrons. The average molecular weight is 795 g/mol. The first kappa shape index (κ1) is 50.9. The largest absolute Gasteiger partial charge is 0.457 e. The van der Waals surface area contributed by atoms with Crippen LogP contribution in [0.5, 0.6) is 0 Å². The molecule has 1 aliphatic heterocycles. The van der Waals surface area contributed by atoms with E-state index < -0.39 is 59.8 Å². The van der Waals surface area contributed by atoms with Gasteiger partial charge in [-0.05, 0) is 38.5 Å². The second kappa shape index (κ2) is 33.9. The maximum Gasteiger partial charge on any atom is 0.397 e. The highest BCUT2D eigenvalue weighted by molar-refractivity contribution is 7.80. The quantitative estimate of drug-likeness (QED) is 0.0205. The van der Waals surface area contributed by atoms with Crippen molar-refractivity contribution in [1.29, 1.82) is 0 Å². The second-order valence-electron chi connectivity index (χ2n) is 14.9. The first-order valence-electron chi connectivity index (χ1n) is 21.4. The standard InChI is InChI=1S/C41H78O12S/c1-3-5-7-9-10-11-12-13-14-15-16-17-18-19-20-21-22-23-24-25-27-29-31-49-33-35(51-37(43)30-28-26-8-6-4-2)34-50-41-39(45)40(53-54(46,47)48)38(44)36(32-42)52-41/h15-16,35-36,38-42,44-45H,3-14,17-34H2,1-2H3,(H,46,47,48)/b16-15-. The molecule has 1 fully saturated rings. The molecule has 1 rings (SSSR count). The molecule has 0 aromatic rings. The van der Waals surface area contributed by atoms with Gasteiger partial charge in [-0.2, -0.15) is 8.42 Å². The molecule has 320 valence electrons. The number of hydrogen-bond acceptors (Lipinski definition) is 11. The van der Waals surface area contributed by atoms with Crippen molar-refractivity contribution in [3.8, 4) is 0 Å². The van der Waals surface area contributed by atoms with Crippen molar-refractivity contribution in [3.05, 3.63) is 12.2 Å². The Labute approximate surface area is 328 Å². The lowest BCUT2D eigenvalue weighted by atomic mass is 9.99. The zero-order valence-electron chi connectivity index (χ0n) is 33.8. The molecular weight excluding hydrogens is 717 g/mol. The van der Waals surface area contributed by atoms with Gasteiger partial charge in [-0.1, -0.05) is 148 Å². The fourth-order valence-electron chi connectivity index (χ4n) is 6.61. The van der Waals surface area contributed by atoms with Crippen LogP contribution in [-0.4, -0.2) is 97.5 Å². The molecule has 0 saturated carbocycles. The Balaban J connectivity index is 2.26. The molecule has 12 nitrogen and oxygen atoms in total. The smallest absolute Gasteiger partial charge is 0.397 e. The zero-order chi connectivity index (χ0) is 39.7. The number of carbonyl (C=O) groups is 1. The third kappa shape index (κ3) is 27.4. The van der Waals surface area contributed by atoms with Crippen LogP contribution < -0.4 is 0 Å². The predicted octanol–water partition coefficient (Wildman–Crippen LogP) is 8.30. The summed E-state index contributed by atoms with van der Waals surface area (Å²) < 4.78 is 58.6. The molecule has 0 aliphatic carbocycles. The summed E-state index contributed by atoms with van der Waals surface area (Å²) in [6.07, 6.45) is 26.0. The van der Waals surface area contributed by atoms with Crippen LogP contribution in [-0.2, 0) is 38.3 Å². The molecule has 54 heavy (non-hydrogen) atoms. The maximum absolute atomic E-state index is 12.6. The minimum absolute atomic E-state index is 0.0381. The van der Waals surface area contributed by atoms with Crippen molar-refractivity contribution in [3.63, 3.8) is 0 Å². The number of rotatable bonds is 37. The van der Waals surface area contributed by atoms with Crippen LogP contribution in [0.2, 0.25) is 0 Å². The number of hydrogen-bond donors (Lipinski definition) is 4. The SMILES string of the molecule is CCCCCCCCCC/C=C\CCCCCCCCCCCCOCC(COC1OC(CO)C(O)C(OS(=O)(=O)O)C1O)OC(=O)CCCCCCC. The molecule has 6 unspecified atom stereocenters. The van der Waals surface area contributed by atoms with Gasteiger partial charge in [-0.15, -0.1) is 0 Å². The highest BCUT2D eigenvalue weighted by atomic mass is 32.3. The van der Waals surface area contributed by atoms with E-state index in [-0.39, 0.29) is 19.6 Å². The summed E-state index contributed by atoms with van der Waals surface area (Å²) >= 11 is 0. The number of unbranched alkanes of at least 4 members (excludes halogenated alkanes) is 22. The highest BCUT2D eigenvalue weighted by Crippen LogP contribution is 2.26. The second-order valence-corrected chi connectivity index (χ2v) is 16.0. The van der Waals surface area contributed by atoms with Crippen LogP contribution in [0, 0.1) is 0 Å². The Kier molecular flexibility index (Phi) is 32.0. The van der Waals surface area contributed by atoms with Gasteiger partial charge in [0.15, 0.2) is 6.29 Å². The first-order valence-corrected chi connectivity index (χ1v) is 22.8. The Morgan fingerprint density at radius 2 is 1.17 bits per heavy atom. The topological polar surface area (TPSA) is 178 Å². The number of carbonyl (C=O) groups excluding carboxylic acids is 1. The maximum atomic E-state index is 12.6. The van der Waals surface area contributed by atoms with Crippen molar-refractivity contribution in [2.24, 2.45) is 0 Å². The molecule has 0 amide bonds. The molecule has 0 aromatic carbocycles. The van der Waals surface area contributed by atoms with Gasteiger partial charge in [0.05, 0.1) is 19.8 Å². The number of esters is 1. The molecule has 1 saturated heterocycles. The monoisotopic (exact) mass is 795 g/mol. The van der Waals surface area contributed by atoms with Crippen LogP contribution in [0.1, 0.15) is 181 Å². The third-order valence-electron chi connectivity index (χ3n) is 9.89. The van der Waals surface area contributed by atoms with Gasteiger partial charge in [-0.3, -0.25) is 9.35 Å². The van der Waals surface area contributed by atoms with Crippen molar-refractivity contribution in [2.45, 2.75) is 218 Å². The molecule has 6 atom stereocenters. The normalized spacial score (nSPS) is 21.2. The summed E-state index contributed by atoms with van der Waals surface area (Å²) in [6, 6.07) is 0. The minimum atomic E-state index is -5.05. The number of aliphatic hydroxyl groups excluding tert-OH is 3. The van der Waals surface area contributed by atoms with Gasteiger partial charge in [-0.25, -0.2) is 4.18 Å². The van der Waals surface area contributed by atoms with Crippen molar-refractivity contribution in [1.82, 2.24) is 0 Å². The minimum Gasteiger partial charge on any atom is -0.457 e. The molecule has 1 heterocycles. The molecule has 4 N–H and O–H groups in total. The summed E-state index contributed by atoms with van der Waals surface area (Å²) in [5.41, 5.74) is 0. The summed E-state index contributed by atoms with van der Waals surface area (Å²) in [7, 11) is -5.05. The number of ether oxygens (including phenoxy) is 4. The van der Waals surface area contributed by atoms with E-state index in [0.717, 1.165) is 44.9 Å². The average Bonchev–Trinajstić information content (AvgIpc) is 3.14. The zero-order valence-corrected chi connectivity index (χ0v) is 34.6. The van der Waals surface area contributed by atoms with Gasteiger partial charge >= 0.3 is 16.4 Å². The molecule has 0 aromatic heterocycles. The Morgan fingerprint density at radius 1 is 0.685 bits per heavy atom. The van der Waals surface area contributed by atoms with E-state index >= 15 is 0 Å². The lowest BCUT2D eigenvalue weighted by Crippen LogP contribution is -2.60. The Hall–Kier alpha value is -1.16. The molecule has 0 spiro atoms. The summed E-state index contributed by atoms with van der Waals surface area (Å²) in [5, 5.41) is 30.4. The predicted molar refractivity (Wildman–Crippen MR) is 211 cm³/mol. The van der Waals surface area contributed by atoms with E-state index in [4.69, 9.17) is 23.5 Å². The van der Waals surface area contributed by atoms with E-state index in [1.54, 1.807) is 0 Å². The molecule has 13 heteroatoms. The summed E-state index contributed by atoms with van der Waals surface area (Å²) in [6.45, 7) is 3.89.